The van der Waals surface area contributed by atoms with E-state index < -0.39 is 0 Å². The Morgan fingerprint density at radius 1 is 1.06 bits per heavy atom. The van der Waals surface area contributed by atoms with Crippen LogP contribution in [0.15, 0.2) is 11.1 Å². The summed E-state index contributed by atoms with van der Waals surface area (Å²) < 4.78 is 12.3. The van der Waals surface area contributed by atoms with Crippen LogP contribution in [-0.2, 0) is 9.31 Å². The highest BCUT2D eigenvalue weighted by molar-refractivity contribution is 6.46. The van der Waals surface area contributed by atoms with Gasteiger partial charge in [-0.15, -0.1) is 0 Å². The van der Waals surface area contributed by atoms with Crippen molar-refractivity contribution in [3.05, 3.63) is 11.1 Å². The fourth-order valence-electron chi connectivity index (χ4n) is 3.83. The molecule has 3 heteroatoms. The third-order valence-electron chi connectivity index (χ3n) is 5.73. The minimum atomic E-state index is -0.191. The molecule has 2 aliphatic carbocycles. The standard InChI is InChI=1S/C15H25BO2/c1-10-11-6-7-12(8-11)13(10)9-16-17-14(2,3)15(4,5)18-16/h11-12H,6-9H2,1-5H3/t11-,12+/m0/s1. The smallest absolute Gasteiger partial charge is 0.403 e. The molecule has 1 saturated heterocycles. The molecule has 100 valence electrons. The zero-order valence-corrected chi connectivity index (χ0v) is 12.4. The first-order valence-corrected chi connectivity index (χ1v) is 7.35. The number of rotatable bonds is 2. The Morgan fingerprint density at radius 3 is 2.11 bits per heavy atom. The summed E-state index contributed by atoms with van der Waals surface area (Å²) in [7, 11) is -0.0423. The summed E-state index contributed by atoms with van der Waals surface area (Å²) in [6.07, 6.45) is 5.17. The molecule has 1 heterocycles. The van der Waals surface area contributed by atoms with E-state index in [2.05, 4.69) is 34.6 Å². The minimum absolute atomic E-state index is 0.0423. The van der Waals surface area contributed by atoms with Gasteiger partial charge in [-0.1, -0.05) is 11.1 Å². The lowest BCUT2D eigenvalue weighted by Gasteiger charge is -2.32. The lowest BCUT2D eigenvalue weighted by molar-refractivity contribution is 0.00578. The number of fused-ring (bicyclic) bond motifs is 2. The van der Waals surface area contributed by atoms with Crippen LogP contribution in [0.3, 0.4) is 0 Å². The molecule has 18 heavy (non-hydrogen) atoms. The molecule has 0 N–H and O–H groups in total. The van der Waals surface area contributed by atoms with E-state index in [9.17, 15) is 0 Å². The van der Waals surface area contributed by atoms with Gasteiger partial charge < -0.3 is 9.31 Å². The SMILES string of the molecule is CC1=C(CB2OC(C)(C)C(C)(C)O2)[C@@H]2CC[C@H]1C2. The topological polar surface area (TPSA) is 18.5 Å². The monoisotopic (exact) mass is 248 g/mol. The fourth-order valence-corrected chi connectivity index (χ4v) is 3.83. The average Bonchev–Trinajstić information content (AvgIpc) is 2.84. The van der Waals surface area contributed by atoms with Crippen LogP contribution in [0.2, 0.25) is 6.32 Å². The molecule has 3 aliphatic rings. The molecule has 2 atom stereocenters. The maximum absolute atomic E-state index is 6.13. The Hall–Kier alpha value is -0.275. The van der Waals surface area contributed by atoms with Gasteiger partial charge in [-0.05, 0) is 65.7 Å². The second kappa shape index (κ2) is 3.86. The molecule has 1 saturated carbocycles. The highest BCUT2D eigenvalue weighted by atomic mass is 16.7. The van der Waals surface area contributed by atoms with Crippen molar-refractivity contribution in [2.24, 2.45) is 11.8 Å². The highest BCUT2D eigenvalue weighted by Gasteiger charge is 2.52. The van der Waals surface area contributed by atoms with E-state index >= 15 is 0 Å². The first kappa shape index (κ1) is 12.7. The number of hydrogen-bond acceptors (Lipinski definition) is 2. The molecule has 0 aromatic rings. The third-order valence-corrected chi connectivity index (χ3v) is 5.73. The predicted molar refractivity (Wildman–Crippen MR) is 74.4 cm³/mol. The lowest BCUT2D eigenvalue weighted by atomic mass is 9.75. The first-order valence-electron chi connectivity index (χ1n) is 7.35. The fraction of sp³-hybridized carbons (Fsp3) is 0.867. The van der Waals surface area contributed by atoms with Crippen LogP contribution in [0, 0.1) is 11.8 Å². The van der Waals surface area contributed by atoms with Crippen LogP contribution in [0.4, 0.5) is 0 Å². The lowest BCUT2D eigenvalue weighted by Crippen LogP contribution is -2.41. The molecule has 2 nitrogen and oxygen atoms in total. The highest BCUT2D eigenvalue weighted by Crippen LogP contribution is 2.51. The van der Waals surface area contributed by atoms with Crippen molar-refractivity contribution in [2.45, 2.75) is 71.4 Å². The van der Waals surface area contributed by atoms with Gasteiger partial charge in [0, 0.05) is 6.32 Å². The Balaban J connectivity index is 1.73. The Morgan fingerprint density at radius 2 is 1.61 bits per heavy atom. The maximum Gasteiger partial charge on any atom is 0.462 e. The van der Waals surface area contributed by atoms with Crippen molar-refractivity contribution >= 4 is 7.12 Å². The summed E-state index contributed by atoms with van der Waals surface area (Å²) >= 11 is 0. The van der Waals surface area contributed by atoms with E-state index in [4.69, 9.17) is 9.31 Å². The van der Waals surface area contributed by atoms with Gasteiger partial charge in [-0.2, -0.15) is 0 Å². The van der Waals surface area contributed by atoms with Gasteiger partial charge in [0.25, 0.3) is 0 Å². The molecule has 0 unspecified atom stereocenters. The molecule has 0 amide bonds. The third kappa shape index (κ3) is 1.78. The zero-order chi connectivity index (χ0) is 13.1. The molecular weight excluding hydrogens is 223 g/mol. The van der Waals surface area contributed by atoms with Crippen LogP contribution < -0.4 is 0 Å². The molecule has 2 bridgehead atoms. The minimum Gasteiger partial charge on any atom is -0.403 e. The molecule has 0 radical (unpaired) electrons. The molecular formula is C15H25BO2. The van der Waals surface area contributed by atoms with Crippen LogP contribution in [0.5, 0.6) is 0 Å². The average molecular weight is 248 g/mol. The summed E-state index contributed by atoms with van der Waals surface area (Å²) in [6, 6.07) is 0. The van der Waals surface area contributed by atoms with Crippen LogP contribution in [0.25, 0.3) is 0 Å². The summed E-state index contributed by atoms with van der Waals surface area (Å²) in [5.41, 5.74) is 2.90. The van der Waals surface area contributed by atoms with Crippen molar-refractivity contribution in [1.82, 2.24) is 0 Å². The van der Waals surface area contributed by atoms with E-state index in [1.165, 1.54) is 19.3 Å². The first-order chi connectivity index (χ1) is 8.30. The van der Waals surface area contributed by atoms with Crippen molar-refractivity contribution in [2.75, 3.05) is 0 Å². The van der Waals surface area contributed by atoms with Crippen LogP contribution >= 0.6 is 0 Å². The predicted octanol–water partition coefficient (Wildman–Crippen LogP) is 3.83. The van der Waals surface area contributed by atoms with Crippen LogP contribution in [0.1, 0.15) is 53.9 Å². The van der Waals surface area contributed by atoms with E-state index in [-0.39, 0.29) is 18.3 Å². The Labute approximate surface area is 111 Å². The molecule has 2 fully saturated rings. The largest absolute Gasteiger partial charge is 0.462 e. The number of hydrogen-bond donors (Lipinski definition) is 0. The van der Waals surface area contributed by atoms with Gasteiger partial charge in [0.05, 0.1) is 11.2 Å². The van der Waals surface area contributed by atoms with Gasteiger partial charge in [0.15, 0.2) is 0 Å². The second-order valence-corrected chi connectivity index (χ2v) is 7.31. The van der Waals surface area contributed by atoms with Gasteiger partial charge in [-0.25, -0.2) is 0 Å². The maximum atomic E-state index is 6.13. The Kier molecular flexibility index (Phi) is 2.73. The summed E-state index contributed by atoms with van der Waals surface area (Å²) in [4.78, 5) is 0. The van der Waals surface area contributed by atoms with E-state index in [0.29, 0.717) is 0 Å². The number of allylic oxidation sites excluding steroid dienone is 2. The van der Waals surface area contributed by atoms with E-state index in [1.54, 1.807) is 11.1 Å². The van der Waals surface area contributed by atoms with Crippen molar-refractivity contribution in [3.8, 4) is 0 Å². The van der Waals surface area contributed by atoms with Crippen molar-refractivity contribution < 1.29 is 9.31 Å². The van der Waals surface area contributed by atoms with Gasteiger partial charge in [0.2, 0.25) is 0 Å². The zero-order valence-electron chi connectivity index (χ0n) is 12.4. The Bertz CT molecular complexity index is 381. The van der Waals surface area contributed by atoms with E-state index in [0.717, 1.165) is 18.2 Å². The van der Waals surface area contributed by atoms with Gasteiger partial charge >= 0.3 is 7.12 Å². The molecule has 3 rings (SSSR count). The van der Waals surface area contributed by atoms with Gasteiger partial charge in [0.1, 0.15) is 0 Å². The van der Waals surface area contributed by atoms with Crippen molar-refractivity contribution in [3.63, 3.8) is 0 Å². The van der Waals surface area contributed by atoms with Gasteiger partial charge in [-0.3, -0.25) is 0 Å². The molecule has 0 aromatic heterocycles. The summed E-state index contributed by atoms with van der Waals surface area (Å²) in [5, 5.41) is 0. The summed E-state index contributed by atoms with van der Waals surface area (Å²) in [5.74, 6) is 1.70. The quantitative estimate of drug-likeness (QED) is 0.546. The normalized spacial score (nSPS) is 36.8. The summed E-state index contributed by atoms with van der Waals surface area (Å²) in [6.45, 7) is 10.9. The molecule has 0 aromatic carbocycles. The van der Waals surface area contributed by atoms with E-state index in [1.807, 2.05) is 0 Å². The molecule has 1 aliphatic heterocycles. The molecule has 0 spiro atoms. The van der Waals surface area contributed by atoms with Crippen LogP contribution in [-0.4, -0.2) is 18.3 Å². The second-order valence-electron chi connectivity index (χ2n) is 7.31. The van der Waals surface area contributed by atoms with Crippen molar-refractivity contribution in [1.29, 1.82) is 0 Å².